The molecule has 0 unspecified atom stereocenters. The molecule has 0 aliphatic carbocycles. The Hall–Kier alpha value is -2.09. The third-order valence-electron chi connectivity index (χ3n) is 4.51. The van der Waals surface area contributed by atoms with Gasteiger partial charge in [0.15, 0.2) is 11.4 Å². The van der Waals surface area contributed by atoms with Crippen LogP contribution in [0.4, 0.5) is 4.79 Å². The van der Waals surface area contributed by atoms with E-state index >= 15 is 0 Å². The van der Waals surface area contributed by atoms with E-state index in [4.69, 9.17) is 30.6 Å². The van der Waals surface area contributed by atoms with E-state index in [1.54, 1.807) is 43.4 Å². The number of hydroxylamine groups is 2. The zero-order valence-electron chi connectivity index (χ0n) is 14.6. The van der Waals surface area contributed by atoms with Crippen LogP contribution in [-0.2, 0) is 23.8 Å². The fraction of sp³-hybridized carbons (Fsp3) is 0.444. The second kappa shape index (κ2) is 7.65. The van der Waals surface area contributed by atoms with Crippen molar-refractivity contribution in [1.29, 1.82) is 0 Å². The first-order valence-electron chi connectivity index (χ1n) is 8.37. The highest BCUT2D eigenvalue weighted by Crippen LogP contribution is 2.46. The number of hydrogen-bond donors (Lipinski definition) is 0. The number of benzene rings is 1. The second-order valence-electron chi connectivity index (χ2n) is 5.96. The lowest BCUT2D eigenvalue weighted by Crippen LogP contribution is -2.46. The number of rotatable bonds is 4. The minimum atomic E-state index is -1.03. The highest BCUT2D eigenvalue weighted by atomic mass is 35.5. The molecular weight excluding hydrogens is 362 g/mol. The van der Waals surface area contributed by atoms with Crippen molar-refractivity contribution < 1.29 is 28.6 Å². The maximum Gasteiger partial charge on any atom is 0.513 e. The molecule has 8 heteroatoms. The van der Waals surface area contributed by atoms with Crippen LogP contribution in [0.5, 0.6) is 0 Å². The smallest absolute Gasteiger partial charge is 0.447 e. The number of halogens is 1. The molecule has 2 aliphatic rings. The van der Waals surface area contributed by atoms with Gasteiger partial charge in [0.2, 0.25) is 0 Å². The molecule has 2 heterocycles. The first-order valence-corrected chi connectivity index (χ1v) is 8.75. The zero-order valence-corrected chi connectivity index (χ0v) is 15.4. The summed E-state index contributed by atoms with van der Waals surface area (Å²) in [6, 6.07) is 6.86. The van der Waals surface area contributed by atoms with E-state index in [1.807, 2.05) is 0 Å². The molecule has 1 spiro atoms. The standard InChI is InChI=1S/C18H20ClNO6/c1-3-24-17(22)25-15-14(12-6-4-5-7-13(12)19)16(21)26-18(15)8-10-20(23-2)11-9-18/h4-7H,3,8-11H2,1-2H3. The molecule has 0 saturated carbocycles. The van der Waals surface area contributed by atoms with Gasteiger partial charge in [0, 0.05) is 36.5 Å². The molecule has 26 heavy (non-hydrogen) atoms. The summed E-state index contributed by atoms with van der Waals surface area (Å²) in [6.45, 7) is 2.88. The molecule has 7 nitrogen and oxygen atoms in total. The van der Waals surface area contributed by atoms with Gasteiger partial charge in [0.1, 0.15) is 5.57 Å². The third-order valence-corrected chi connectivity index (χ3v) is 4.84. The van der Waals surface area contributed by atoms with Gasteiger partial charge in [-0.1, -0.05) is 29.8 Å². The molecule has 1 aromatic rings. The van der Waals surface area contributed by atoms with Gasteiger partial charge >= 0.3 is 12.1 Å². The monoisotopic (exact) mass is 381 g/mol. The third kappa shape index (κ3) is 3.42. The van der Waals surface area contributed by atoms with Gasteiger partial charge in [-0.2, -0.15) is 5.06 Å². The fourth-order valence-electron chi connectivity index (χ4n) is 3.23. The average Bonchev–Trinajstić information content (AvgIpc) is 2.88. The Labute approximate surface area is 156 Å². The van der Waals surface area contributed by atoms with Crippen molar-refractivity contribution in [2.75, 3.05) is 26.8 Å². The van der Waals surface area contributed by atoms with Crippen LogP contribution in [0.3, 0.4) is 0 Å². The van der Waals surface area contributed by atoms with Crippen LogP contribution in [0, 0.1) is 0 Å². The number of carbonyl (C=O) groups is 2. The minimum Gasteiger partial charge on any atom is -0.447 e. The van der Waals surface area contributed by atoms with Gasteiger partial charge in [-0.05, 0) is 13.0 Å². The summed E-state index contributed by atoms with van der Waals surface area (Å²) in [5.41, 5.74) is -0.410. The molecule has 1 saturated heterocycles. The zero-order chi connectivity index (χ0) is 18.7. The lowest BCUT2D eigenvalue weighted by Gasteiger charge is -2.37. The van der Waals surface area contributed by atoms with Crippen LogP contribution in [0.2, 0.25) is 5.02 Å². The summed E-state index contributed by atoms with van der Waals surface area (Å²) in [5.74, 6) is -0.409. The van der Waals surface area contributed by atoms with E-state index < -0.39 is 17.7 Å². The van der Waals surface area contributed by atoms with Crippen LogP contribution in [0.25, 0.3) is 5.57 Å². The molecule has 1 aromatic carbocycles. The highest BCUT2D eigenvalue weighted by molar-refractivity contribution is 6.35. The normalized spacial score (nSPS) is 19.6. The quantitative estimate of drug-likeness (QED) is 0.741. The Balaban J connectivity index is 2.05. The fourth-order valence-corrected chi connectivity index (χ4v) is 3.46. The summed E-state index contributed by atoms with van der Waals surface area (Å²) >= 11 is 6.26. The Morgan fingerprint density at radius 3 is 2.62 bits per heavy atom. The van der Waals surface area contributed by atoms with E-state index in [-0.39, 0.29) is 17.9 Å². The number of hydrogen-bond acceptors (Lipinski definition) is 7. The molecule has 0 bridgehead atoms. The molecule has 0 N–H and O–H groups in total. The van der Waals surface area contributed by atoms with Gasteiger partial charge in [-0.15, -0.1) is 0 Å². The maximum absolute atomic E-state index is 12.7. The van der Waals surface area contributed by atoms with Crippen LogP contribution in [-0.4, -0.2) is 49.6 Å². The summed E-state index contributed by atoms with van der Waals surface area (Å²) in [5, 5.41) is 2.13. The van der Waals surface area contributed by atoms with Gasteiger partial charge in [0.05, 0.1) is 13.7 Å². The number of nitrogens with zero attached hydrogens (tertiary/aromatic N) is 1. The van der Waals surface area contributed by atoms with Crippen molar-refractivity contribution >= 4 is 29.3 Å². The summed E-state index contributed by atoms with van der Waals surface area (Å²) in [6.07, 6.45) is -0.0243. The van der Waals surface area contributed by atoms with Crippen LogP contribution in [0.1, 0.15) is 25.3 Å². The van der Waals surface area contributed by atoms with Crippen molar-refractivity contribution in [2.45, 2.75) is 25.4 Å². The van der Waals surface area contributed by atoms with Gasteiger partial charge in [-0.25, -0.2) is 9.59 Å². The van der Waals surface area contributed by atoms with Gasteiger partial charge in [0.25, 0.3) is 0 Å². The molecule has 140 valence electrons. The average molecular weight is 382 g/mol. The van der Waals surface area contributed by atoms with Gasteiger partial charge < -0.3 is 19.0 Å². The van der Waals surface area contributed by atoms with Crippen LogP contribution in [0.15, 0.2) is 30.0 Å². The predicted molar refractivity (Wildman–Crippen MR) is 93.1 cm³/mol. The number of esters is 1. The Bertz CT molecular complexity index is 739. The minimum absolute atomic E-state index is 0.157. The lowest BCUT2D eigenvalue weighted by atomic mass is 9.88. The highest BCUT2D eigenvalue weighted by Gasteiger charge is 2.52. The van der Waals surface area contributed by atoms with E-state index in [9.17, 15) is 9.59 Å². The Morgan fingerprint density at radius 2 is 2.00 bits per heavy atom. The first-order chi connectivity index (χ1) is 12.5. The SMILES string of the molecule is CCOC(=O)OC1=C(c2ccccc2Cl)C(=O)OC12CCN(OC)CC2. The lowest BCUT2D eigenvalue weighted by molar-refractivity contribution is -0.183. The first kappa shape index (κ1) is 18.7. The molecule has 0 atom stereocenters. The molecule has 2 aliphatic heterocycles. The molecule has 3 rings (SSSR count). The van der Waals surface area contributed by atoms with Crippen molar-refractivity contribution in [2.24, 2.45) is 0 Å². The molecule has 0 radical (unpaired) electrons. The summed E-state index contributed by atoms with van der Waals surface area (Å²) in [4.78, 5) is 29.9. The van der Waals surface area contributed by atoms with Crippen LogP contribution >= 0.6 is 11.6 Å². The molecule has 0 amide bonds. The van der Waals surface area contributed by atoms with E-state index in [2.05, 4.69) is 0 Å². The molecule has 1 fully saturated rings. The topological polar surface area (TPSA) is 74.3 Å². The van der Waals surface area contributed by atoms with E-state index in [1.165, 1.54) is 0 Å². The second-order valence-corrected chi connectivity index (χ2v) is 6.37. The number of piperidine rings is 1. The number of ether oxygens (including phenoxy) is 3. The van der Waals surface area contributed by atoms with Crippen LogP contribution < -0.4 is 0 Å². The van der Waals surface area contributed by atoms with Crippen molar-refractivity contribution in [1.82, 2.24) is 5.06 Å². The summed E-state index contributed by atoms with van der Waals surface area (Å²) in [7, 11) is 1.58. The Kier molecular flexibility index (Phi) is 5.50. The summed E-state index contributed by atoms with van der Waals surface area (Å²) < 4.78 is 16.1. The van der Waals surface area contributed by atoms with Crippen molar-refractivity contribution in [3.05, 3.63) is 40.6 Å². The predicted octanol–water partition coefficient (Wildman–Crippen LogP) is 3.18. The Morgan fingerprint density at radius 1 is 1.31 bits per heavy atom. The maximum atomic E-state index is 12.7. The number of carbonyl (C=O) groups excluding carboxylic acids is 2. The van der Waals surface area contributed by atoms with Crippen molar-refractivity contribution in [3.8, 4) is 0 Å². The van der Waals surface area contributed by atoms with E-state index in [0.717, 1.165) is 0 Å². The largest absolute Gasteiger partial charge is 0.513 e. The molecular formula is C18H20ClNO6. The van der Waals surface area contributed by atoms with Crippen molar-refractivity contribution in [3.63, 3.8) is 0 Å². The van der Waals surface area contributed by atoms with E-state index in [0.29, 0.717) is 36.5 Å². The van der Waals surface area contributed by atoms with Gasteiger partial charge in [-0.3, -0.25) is 0 Å². The molecule has 0 aromatic heterocycles.